The van der Waals surface area contributed by atoms with Gasteiger partial charge >= 0.3 is 161 Å². The number of pyridine rings is 1. The molecule has 0 radical (unpaired) electrons. The second kappa shape index (κ2) is 12.2. The zero-order chi connectivity index (χ0) is 17.7. The molecular formula is C20H32N4Se. The summed E-state index contributed by atoms with van der Waals surface area (Å²) in [6.07, 6.45) is 15.4. The Labute approximate surface area is 160 Å². The van der Waals surface area contributed by atoms with Gasteiger partial charge in [-0.15, -0.1) is 0 Å². The summed E-state index contributed by atoms with van der Waals surface area (Å²) in [4.78, 5) is 6.77. The van der Waals surface area contributed by atoms with Crippen molar-refractivity contribution in [2.24, 2.45) is 5.10 Å². The van der Waals surface area contributed by atoms with Gasteiger partial charge in [0.25, 0.3) is 0 Å². The number of nitrogens with zero attached hydrogens (tertiary/aromatic N) is 3. The number of hydrogen-bond acceptors (Lipinski definition) is 4. The predicted octanol–water partition coefficient (Wildman–Crippen LogP) is 3.87. The summed E-state index contributed by atoms with van der Waals surface area (Å²) in [6, 6.07) is 5.90. The summed E-state index contributed by atoms with van der Waals surface area (Å²) in [5, 5.41) is 4.51. The van der Waals surface area contributed by atoms with Crippen molar-refractivity contribution < 1.29 is 0 Å². The van der Waals surface area contributed by atoms with Crippen LogP contribution in [0.5, 0.6) is 0 Å². The van der Waals surface area contributed by atoms with Crippen LogP contribution >= 0.6 is 0 Å². The van der Waals surface area contributed by atoms with Gasteiger partial charge in [0.05, 0.1) is 0 Å². The van der Waals surface area contributed by atoms with Crippen molar-refractivity contribution in [3.8, 4) is 0 Å². The Bertz CT molecular complexity index is 516. The van der Waals surface area contributed by atoms with Gasteiger partial charge in [0, 0.05) is 0 Å². The van der Waals surface area contributed by atoms with Crippen LogP contribution in [0.2, 0.25) is 0 Å². The first-order valence-electron chi connectivity index (χ1n) is 9.78. The Balaban J connectivity index is 1.87. The zero-order valence-electron chi connectivity index (χ0n) is 15.5. The molecular weight excluding hydrogens is 375 g/mol. The van der Waals surface area contributed by atoms with Gasteiger partial charge in [0.2, 0.25) is 0 Å². The van der Waals surface area contributed by atoms with E-state index in [1.165, 1.54) is 64.2 Å². The molecule has 1 aromatic rings. The molecule has 0 atom stereocenters. The molecule has 1 saturated heterocycles. The van der Waals surface area contributed by atoms with Crippen LogP contribution in [0.1, 0.15) is 76.8 Å². The van der Waals surface area contributed by atoms with E-state index in [0.29, 0.717) is 0 Å². The third-order valence-corrected chi connectivity index (χ3v) is 5.48. The maximum absolute atomic E-state index is 4.51. The first kappa shape index (κ1) is 20.1. The predicted molar refractivity (Wildman–Crippen MR) is 108 cm³/mol. The summed E-state index contributed by atoms with van der Waals surface area (Å²) in [6.45, 7) is 4.20. The van der Waals surface area contributed by atoms with Crippen molar-refractivity contribution in [3.05, 3.63) is 30.1 Å². The van der Waals surface area contributed by atoms with Gasteiger partial charge in [-0.05, 0) is 0 Å². The Morgan fingerprint density at radius 1 is 0.960 bits per heavy atom. The van der Waals surface area contributed by atoms with Crippen molar-refractivity contribution in [1.29, 1.82) is 0 Å². The van der Waals surface area contributed by atoms with E-state index in [4.69, 9.17) is 0 Å². The van der Waals surface area contributed by atoms with E-state index in [1.807, 2.05) is 25.1 Å². The molecule has 0 unspecified atom stereocenters. The van der Waals surface area contributed by atoms with Gasteiger partial charge in [0.1, 0.15) is 0 Å². The molecule has 0 saturated carbocycles. The third-order valence-electron chi connectivity index (χ3n) is 4.75. The standard InChI is InChI=1S/C20H32N4Se/c1-18(19-14-10-11-15-21-19)22-23-20(25)24-16-12-8-6-4-2-3-5-7-9-13-17-24/h10-11,14-15H,2-9,12-13,16-17H2,1H3,(H,23,25). The van der Waals surface area contributed by atoms with Gasteiger partial charge in [-0.3, -0.25) is 0 Å². The molecule has 1 aromatic heterocycles. The molecule has 138 valence electrons. The van der Waals surface area contributed by atoms with Crippen LogP contribution in [0.25, 0.3) is 0 Å². The van der Waals surface area contributed by atoms with Crippen LogP contribution in [-0.4, -0.2) is 48.9 Å². The van der Waals surface area contributed by atoms with Crippen LogP contribution in [-0.2, 0) is 0 Å². The molecule has 0 spiro atoms. The molecule has 0 bridgehead atoms. The molecule has 2 heterocycles. The molecule has 0 aliphatic carbocycles. The summed E-state index contributed by atoms with van der Waals surface area (Å²) in [5.74, 6) is 0. The normalized spacial score (nSPS) is 18.6. The van der Waals surface area contributed by atoms with E-state index in [0.717, 1.165) is 29.2 Å². The first-order valence-corrected chi connectivity index (χ1v) is 10.6. The fraction of sp³-hybridized carbons (Fsp3) is 0.650. The number of aromatic nitrogens is 1. The zero-order valence-corrected chi connectivity index (χ0v) is 17.3. The fourth-order valence-corrected chi connectivity index (χ4v) is 3.65. The van der Waals surface area contributed by atoms with Crippen molar-refractivity contribution >= 4 is 26.0 Å². The van der Waals surface area contributed by atoms with Crippen molar-refractivity contribution in [2.45, 2.75) is 71.1 Å². The average molecular weight is 407 g/mol. The van der Waals surface area contributed by atoms with Crippen molar-refractivity contribution in [3.63, 3.8) is 0 Å². The van der Waals surface area contributed by atoms with Crippen LogP contribution in [0.15, 0.2) is 29.5 Å². The molecule has 0 aromatic carbocycles. The Kier molecular flexibility index (Phi) is 9.83. The number of hydrazone groups is 1. The minimum absolute atomic E-state index is 0.902. The Hall–Kier alpha value is -1.19. The van der Waals surface area contributed by atoms with Crippen molar-refractivity contribution in [2.75, 3.05) is 13.1 Å². The molecule has 25 heavy (non-hydrogen) atoms. The number of hydrogen-bond donors (Lipinski definition) is 1. The quantitative estimate of drug-likeness (QED) is 0.468. The SMILES string of the molecule is CC(=NNC(=[Se])N1CCCCCCCCCCCC1)c1ccccn1. The summed E-state index contributed by atoms with van der Waals surface area (Å²) in [5.41, 5.74) is 5.02. The molecule has 1 aliphatic heterocycles. The number of rotatable bonds is 4. The van der Waals surface area contributed by atoms with E-state index in [1.54, 1.807) is 6.20 Å². The molecule has 5 heteroatoms. The first-order chi connectivity index (χ1) is 12.3. The van der Waals surface area contributed by atoms with E-state index in [2.05, 4.69) is 36.0 Å². The van der Waals surface area contributed by atoms with Crippen LogP contribution in [0, 0.1) is 0 Å². The van der Waals surface area contributed by atoms with Gasteiger partial charge < -0.3 is 0 Å². The second-order valence-corrected chi connectivity index (χ2v) is 7.66. The Morgan fingerprint density at radius 3 is 2.04 bits per heavy atom. The van der Waals surface area contributed by atoms with Crippen LogP contribution < -0.4 is 5.43 Å². The van der Waals surface area contributed by atoms with Crippen LogP contribution in [0.4, 0.5) is 0 Å². The molecule has 4 nitrogen and oxygen atoms in total. The molecule has 2 rings (SSSR count). The number of nitrogens with one attached hydrogen (secondary N) is 1. The molecule has 1 N–H and O–H groups in total. The topological polar surface area (TPSA) is 40.5 Å². The average Bonchev–Trinajstić information content (AvgIpc) is 2.67. The molecule has 1 fully saturated rings. The summed E-state index contributed by atoms with van der Waals surface area (Å²) >= 11 is 3.18. The monoisotopic (exact) mass is 408 g/mol. The molecule has 0 amide bonds. The van der Waals surface area contributed by atoms with E-state index in [-0.39, 0.29) is 0 Å². The summed E-state index contributed by atoms with van der Waals surface area (Å²) < 4.78 is 1.03. The van der Waals surface area contributed by atoms with Gasteiger partial charge in [-0.2, -0.15) is 0 Å². The second-order valence-electron chi connectivity index (χ2n) is 6.85. The third kappa shape index (κ3) is 8.15. The van der Waals surface area contributed by atoms with Crippen molar-refractivity contribution in [1.82, 2.24) is 15.3 Å². The Morgan fingerprint density at radius 2 is 1.52 bits per heavy atom. The van der Waals surface area contributed by atoms with Gasteiger partial charge in [-0.25, -0.2) is 0 Å². The van der Waals surface area contributed by atoms with Gasteiger partial charge in [-0.1, -0.05) is 0 Å². The van der Waals surface area contributed by atoms with E-state index < -0.39 is 0 Å². The van der Waals surface area contributed by atoms with Crippen LogP contribution in [0.3, 0.4) is 0 Å². The van der Waals surface area contributed by atoms with E-state index >= 15 is 0 Å². The fourth-order valence-electron chi connectivity index (χ4n) is 3.17. The maximum atomic E-state index is 4.51. The minimum atomic E-state index is 0.902. The molecule has 1 aliphatic rings. The van der Waals surface area contributed by atoms with E-state index in [9.17, 15) is 0 Å². The summed E-state index contributed by atoms with van der Waals surface area (Å²) in [7, 11) is 0. The van der Waals surface area contributed by atoms with Gasteiger partial charge in [0.15, 0.2) is 0 Å².